The molecule has 0 N–H and O–H groups in total. The average Bonchev–Trinajstić information content (AvgIpc) is 3.14. The zero-order chi connectivity index (χ0) is 16.6. The molecule has 1 aliphatic carbocycles. The van der Waals surface area contributed by atoms with Crippen LogP contribution in [-0.4, -0.2) is 47.7 Å². The fourth-order valence-electron chi connectivity index (χ4n) is 4.10. The van der Waals surface area contributed by atoms with Gasteiger partial charge in [-0.1, -0.05) is 13.0 Å². The number of hydrogen-bond acceptors (Lipinski definition) is 4. The number of ether oxygens (including phenoxy) is 2. The van der Waals surface area contributed by atoms with Crippen LogP contribution in [0.2, 0.25) is 0 Å². The lowest BCUT2D eigenvalue weighted by atomic mass is 9.79. The molecule has 5 heteroatoms. The number of carbonyl (C=O) groups excluding carboxylic acids is 1. The predicted molar refractivity (Wildman–Crippen MR) is 89.2 cm³/mol. The quantitative estimate of drug-likeness (QED) is 0.751. The molecular weight excluding hydrogens is 304 g/mol. The van der Waals surface area contributed by atoms with Crippen molar-refractivity contribution in [3.8, 4) is 0 Å². The van der Waals surface area contributed by atoms with E-state index in [-0.39, 0.29) is 11.5 Å². The molecule has 1 amide bonds. The summed E-state index contributed by atoms with van der Waals surface area (Å²) in [5.41, 5.74) is 1.01. The molecule has 2 saturated heterocycles. The molecule has 3 atom stereocenters. The van der Waals surface area contributed by atoms with Crippen LogP contribution in [0, 0.1) is 17.8 Å². The number of likely N-dealkylation sites (tertiary alicyclic amines) is 1. The minimum Gasteiger partial charge on any atom is -0.377 e. The fourth-order valence-corrected chi connectivity index (χ4v) is 4.10. The Labute approximate surface area is 143 Å². The number of hydrogen-bond donors (Lipinski definition) is 0. The third-order valence-electron chi connectivity index (χ3n) is 5.86. The lowest BCUT2D eigenvalue weighted by Gasteiger charge is -2.50. The van der Waals surface area contributed by atoms with Gasteiger partial charge in [-0.2, -0.15) is 0 Å². The first-order valence-corrected chi connectivity index (χ1v) is 9.07. The minimum atomic E-state index is -0.0918. The van der Waals surface area contributed by atoms with Gasteiger partial charge < -0.3 is 14.4 Å². The van der Waals surface area contributed by atoms with Gasteiger partial charge in [0.15, 0.2) is 0 Å². The number of carbonyl (C=O) groups is 1. The van der Waals surface area contributed by atoms with Crippen LogP contribution < -0.4 is 0 Å². The standard InChI is InChI=1S/C19H26N2O3/c1-14-9-17(14)18(22)21-12-19(13-21)16(5-8-24-19)4-7-23-11-15-3-2-6-20-10-15/h2-3,6,10,14,16-17H,4-5,7-9,11-13H2,1H3/t14-,16+,17+/m1/s1. The van der Waals surface area contributed by atoms with Crippen LogP contribution in [0.1, 0.15) is 31.7 Å². The summed E-state index contributed by atoms with van der Waals surface area (Å²) in [6.07, 6.45) is 6.76. The smallest absolute Gasteiger partial charge is 0.226 e. The van der Waals surface area contributed by atoms with Gasteiger partial charge in [-0.15, -0.1) is 0 Å². The Morgan fingerprint density at radius 3 is 3.04 bits per heavy atom. The summed E-state index contributed by atoms with van der Waals surface area (Å²) < 4.78 is 11.9. The van der Waals surface area contributed by atoms with Gasteiger partial charge in [-0.25, -0.2) is 0 Å². The van der Waals surface area contributed by atoms with Crippen LogP contribution in [0.15, 0.2) is 24.5 Å². The molecule has 0 aromatic carbocycles. The fraction of sp³-hybridized carbons (Fsp3) is 0.684. The van der Waals surface area contributed by atoms with Crippen LogP contribution in [0.5, 0.6) is 0 Å². The lowest BCUT2D eigenvalue weighted by Crippen LogP contribution is -2.66. The largest absolute Gasteiger partial charge is 0.377 e. The molecule has 0 unspecified atom stereocenters. The highest BCUT2D eigenvalue weighted by Gasteiger charge is 2.56. The molecule has 3 heterocycles. The number of nitrogens with zero attached hydrogens (tertiary/aromatic N) is 2. The Morgan fingerprint density at radius 2 is 2.33 bits per heavy atom. The van der Waals surface area contributed by atoms with Crippen LogP contribution in [0.25, 0.3) is 0 Å². The van der Waals surface area contributed by atoms with E-state index in [1.807, 2.05) is 23.2 Å². The van der Waals surface area contributed by atoms with Crippen molar-refractivity contribution in [3.05, 3.63) is 30.1 Å². The summed E-state index contributed by atoms with van der Waals surface area (Å²) in [5.74, 6) is 1.71. The Bertz CT molecular complexity index is 586. The van der Waals surface area contributed by atoms with Gasteiger partial charge in [0.25, 0.3) is 0 Å². The average molecular weight is 330 g/mol. The van der Waals surface area contributed by atoms with Crippen LogP contribution in [0.4, 0.5) is 0 Å². The van der Waals surface area contributed by atoms with Gasteiger partial charge in [0.05, 0.1) is 19.7 Å². The van der Waals surface area contributed by atoms with Gasteiger partial charge in [0.2, 0.25) is 5.91 Å². The molecule has 130 valence electrons. The molecule has 1 saturated carbocycles. The van der Waals surface area contributed by atoms with Crippen molar-refractivity contribution >= 4 is 5.91 Å². The van der Waals surface area contributed by atoms with Gasteiger partial charge in [-0.3, -0.25) is 9.78 Å². The van der Waals surface area contributed by atoms with E-state index in [0.717, 1.165) is 51.1 Å². The van der Waals surface area contributed by atoms with E-state index in [4.69, 9.17) is 9.47 Å². The first-order valence-electron chi connectivity index (χ1n) is 9.07. The minimum absolute atomic E-state index is 0.0918. The van der Waals surface area contributed by atoms with Gasteiger partial charge in [-0.05, 0) is 42.7 Å². The second kappa shape index (κ2) is 6.45. The highest BCUT2D eigenvalue weighted by molar-refractivity contribution is 5.82. The Hall–Kier alpha value is -1.46. The van der Waals surface area contributed by atoms with E-state index < -0.39 is 0 Å². The molecule has 3 fully saturated rings. The SMILES string of the molecule is C[C@@H]1C[C@@H]1C(=O)N1CC2(C1)OCC[C@@H]2CCOCc1cccnc1. The normalized spacial score (nSPS) is 30.4. The summed E-state index contributed by atoms with van der Waals surface area (Å²) in [5, 5.41) is 0. The molecule has 2 aliphatic heterocycles. The van der Waals surface area contributed by atoms with Crippen molar-refractivity contribution in [3.63, 3.8) is 0 Å². The molecular formula is C19H26N2O3. The summed E-state index contributed by atoms with van der Waals surface area (Å²) in [6.45, 7) is 5.88. The highest BCUT2D eigenvalue weighted by Crippen LogP contribution is 2.45. The van der Waals surface area contributed by atoms with Crippen molar-refractivity contribution in [2.75, 3.05) is 26.3 Å². The molecule has 3 aliphatic rings. The zero-order valence-corrected chi connectivity index (χ0v) is 14.3. The van der Waals surface area contributed by atoms with Crippen molar-refractivity contribution in [1.82, 2.24) is 9.88 Å². The van der Waals surface area contributed by atoms with E-state index in [0.29, 0.717) is 24.3 Å². The molecule has 5 nitrogen and oxygen atoms in total. The monoisotopic (exact) mass is 330 g/mol. The molecule has 0 radical (unpaired) electrons. The highest BCUT2D eigenvalue weighted by atomic mass is 16.5. The maximum atomic E-state index is 12.3. The van der Waals surface area contributed by atoms with E-state index >= 15 is 0 Å². The molecule has 1 aromatic rings. The van der Waals surface area contributed by atoms with Gasteiger partial charge in [0, 0.05) is 31.5 Å². The number of pyridine rings is 1. The predicted octanol–water partition coefficient (Wildman–Crippen LogP) is 2.26. The van der Waals surface area contributed by atoms with Crippen molar-refractivity contribution in [2.24, 2.45) is 17.8 Å². The molecule has 0 bridgehead atoms. The topological polar surface area (TPSA) is 51.7 Å². The summed E-state index contributed by atoms with van der Waals surface area (Å²) >= 11 is 0. The number of aromatic nitrogens is 1. The first kappa shape index (κ1) is 16.0. The second-order valence-corrected chi connectivity index (χ2v) is 7.62. The lowest BCUT2D eigenvalue weighted by molar-refractivity contribution is -0.167. The van der Waals surface area contributed by atoms with E-state index in [9.17, 15) is 4.79 Å². The Morgan fingerprint density at radius 1 is 1.50 bits per heavy atom. The van der Waals surface area contributed by atoms with Gasteiger partial charge >= 0.3 is 0 Å². The van der Waals surface area contributed by atoms with Crippen molar-refractivity contribution in [1.29, 1.82) is 0 Å². The van der Waals surface area contributed by atoms with Gasteiger partial charge in [0.1, 0.15) is 5.60 Å². The summed E-state index contributed by atoms with van der Waals surface area (Å²) in [7, 11) is 0. The van der Waals surface area contributed by atoms with E-state index in [1.54, 1.807) is 6.20 Å². The molecule has 24 heavy (non-hydrogen) atoms. The van der Waals surface area contributed by atoms with E-state index in [1.165, 1.54) is 0 Å². The van der Waals surface area contributed by atoms with Crippen LogP contribution in [0.3, 0.4) is 0 Å². The van der Waals surface area contributed by atoms with Crippen molar-refractivity contribution < 1.29 is 14.3 Å². The molecule has 1 aromatic heterocycles. The second-order valence-electron chi connectivity index (χ2n) is 7.62. The summed E-state index contributed by atoms with van der Waals surface area (Å²) in [4.78, 5) is 18.4. The third-order valence-corrected chi connectivity index (χ3v) is 5.86. The maximum Gasteiger partial charge on any atom is 0.226 e. The summed E-state index contributed by atoms with van der Waals surface area (Å²) in [6, 6.07) is 3.96. The van der Waals surface area contributed by atoms with Crippen LogP contribution >= 0.6 is 0 Å². The molecule has 1 spiro atoms. The maximum absolute atomic E-state index is 12.3. The van der Waals surface area contributed by atoms with E-state index in [2.05, 4.69) is 11.9 Å². The number of amides is 1. The number of rotatable bonds is 6. The zero-order valence-electron chi connectivity index (χ0n) is 14.3. The van der Waals surface area contributed by atoms with Crippen LogP contribution in [-0.2, 0) is 20.9 Å². The third kappa shape index (κ3) is 3.07. The van der Waals surface area contributed by atoms with Crippen molar-refractivity contribution in [2.45, 2.75) is 38.4 Å². The first-order chi connectivity index (χ1) is 11.7. The Kier molecular flexibility index (Phi) is 4.31. The molecule has 4 rings (SSSR count). The Balaban J connectivity index is 1.22.